The van der Waals surface area contributed by atoms with E-state index in [-0.39, 0.29) is 0 Å². The van der Waals surface area contributed by atoms with E-state index in [1.165, 1.54) is 16.9 Å². The summed E-state index contributed by atoms with van der Waals surface area (Å²) in [6.45, 7) is 0.817. The topological polar surface area (TPSA) is 24.1 Å². The van der Waals surface area contributed by atoms with Crippen LogP contribution in [0.3, 0.4) is 0 Å². The molecule has 0 amide bonds. The predicted octanol–water partition coefficient (Wildman–Crippen LogP) is 1.79. The molecule has 0 saturated heterocycles. The molecule has 1 aromatic heterocycles. The Balaban J connectivity index is 2.15. The Kier molecular flexibility index (Phi) is 2.27. The average Bonchev–Trinajstić information content (AvgIpc) is 2.53. The van der Waals surface area contributed by atoms with Crippen molar-refractivity contribution in [3.63, 3.8) is 0 Å². The number of rotatable bonds is 2. The lowest BCUT2D eigenvalue weighted by Gasteiger charge is -1.92. The molecule has 0 fully saturated rings. The maximum Gasteiger partial charge on any atom is 0.242 e. The van der Waals surface area contributed by atoms with E-state index >= 15 is 0 Å². The van der Waals surface area contributed by atoms with Crippen molar-refractivity contribution in [3.05, 3.63) is 47.6 Å². The Morgan fingerprint density at radius 3 is 2.62 bits per heavy atom. The van der Waals surface area contributed by atoms with Crippen LogP contribution in [-0.4, -0.2) is 5.11 Å². The normalized spacial score (nSPS) is 10.2. The molecule has 0 aliphatic carbocycles. The monoisotopic (exact) mass is 192 g/mol. The molecule has 0 saturated carbocycles. The van der Waals surface area contributed by atoms with E-state index in [0.29, 0.717) is 5.06 Å². The highest BCUT2D eigenvalue weighted by molar-refractivity contribution is 7.11. The van der Waals surface area contributed by atoms with Crippen molar-refractivity contribution < 1.29 is 9.67 Å². The van der Waals surface area contributed by atoms with E-state index in [2.05, 4.69) is 12.1 Å². The zero-order chi connectivity index (χ0) is 9.10. The molecule has 0 aliphatic rings. The number of aromatic nitrogens is 1. The molecule has 2 nitrogen and oxygen atoms in total. The molecular formula is C10H10NOS+. The minimum Gasteiger partial charge on any atom is -0.495 e. The van der Waals surface area contributed by atoms with Crippen molar-refractivity contribution in [2.45, 2.75) is 6.54 Å². The van der Waals surface area contributed by atoms with Crippen molar-refractivity contribution in [1.82, 2.24) is 0 Å². The Morgan fingerprint density at radius 1 is 1.23 bits per heavy atom. The molecule has 0 bridgehead atoms. The molecule has 0 atom stereocenters. The smallest absolute Gasteiger partial charge is 0.242 e. The van der Waals surface area contributed by atoms with Crippen LogP contribution < -0.4 is 4.57 Å². The van der Waals surface area contributed by atoms with Crippen LogP contribution in [0.25, 0.3) is 0 Å². The molecule has 66 valence electrons. The second kappa shape index (κ2) is 3.58. The minimum absolute atomic E-state index is 0.357. The maximum atomic E-state index is 9.13. The van der Waals surface area contributed by atoms with Gasteiger partial charge < -0.3 is 5.11 Å². The second-order valence-corrected chi connectivity index (χ2v) is 3.71. The molecule has 0 spiro atoms. The van der Waals surface area contributed by atoms with Gasteiger partial charge in [-0.05, 0) is 11.3 Å². The molecule has 0 aliphatic heterocycles. The molecular weight excluding hydrogens is 182 g/mol. The Labute approximate surface area is 80.7 Å². The Hall–Kier alpha value is -1.35. The van der Waals surface area contributed by atoms with Crippen LogP contribution in [0.1, 0.15) is 5.56 Å². The number of thiazole rings is 1. The van der Waals surface area contributed by atoms with Gasteiger partial charge in [-0.2, -0.15) is 4.57 Å². The van der Waals surface area contributed by atoms with E-state index < -0.39 is 0 Å². The summed E-state index contributed by atoms with van der Waals surface area (Å²) in [6, 6.07) is 10.2. The molecule has 1 heterocycles. The van der Waals surface area contributed by atoms with Gasteiger partial charge in [-0.3, -0.25) is 0 Å². The molecule has 0 radical (unpaired) electrons. The first-order chi connectivity index (χ1) is 6.34. The second-order valence-electron chi connectivity index (χ2n) is 2.85. The fraction of sp³-hybridized carbons (Fsp3) is 0.100. The zero-order valence-electron chi connectivity index (χ0n) is 7.05. The first-order valence-corrected chi connectivity index (χ1v) is 4.93. The van der Waals surface area contributed by atoms with E-state index in [4.69, 9.17) is 5.11 Å². The largest absolute Gasteiger partial charge is 0.495 e. The van der Waals surface area contributed by atoms with Crippen LogP contribution in [0.5, 0.6) is 5.06 Å². The van der Waals surface area contributed by atoms with Gasteiger partial charge in [0.2, 0.25) is 16.8 Å². The highest BCUT2D eigenvalue weighted by atomic mass is 32.1. The zero-order valence-corrected chi connectivity index (χ0v) is 7.87. The summed E-state index contributed by atoms with van der Waals surface area (Å²) in [5, 5.41) is 9.49. The molecule has 1 N–H and O–H groups in total. The van der Waals surface area contributed by atoms with Gasteiger partial charge in [0.15, 0.2) is 6.54 Å². The minimum atomic E-state index is 0.357. The summed E-state index contributed by atoms with van der Waals surface area (Å²) in [4.78, 5) is 0. The number of hydrogen-bond acceptors (Lipinski definition) is 2. The number of hydrogen-bond donors (Lipinski definition) is 1. The third-order valence-corrected chi connectivity index (χ3v) is 2.52. The van der Waals surface area contributed by atoms with Crippen molar-refractivity contribution in [3.8, 4) is 5.06 Å². The Morgan fingerprint density at radius 2 is 2.00 bits per heavy atom. The van der Waals surface area contributed by atoms with Crippen molar-refractivity contribution in [1.29, 1.82) is 0 Å². The van der Waals surface area contributed by atoms with Crippen LogP contribution >= 0.6 is 11.3 Å². The molecule has 1 aromatic carbocycles. The van der Waals surface area contributed by atoms with Crippen LogP contribution in [-0.2, 0) is 6.54 Å². The fourth-order valence-electron chi connectivity index (χ4n) is 1.20. The van der Waals surface area contributed by atoms with E-state index in [1.807, 2.05) is 28.3 Å². The van der Waals surface area contributed by atoms with Gasteiger partial charge in [0.05, 0.1) is 0 Å². The molecule has 2 rings (SSSR count). The maximum absolute atomic E-state index is 9.13. The number of aromatic hydroxyl groups is 1. The van der Waals surface area contributed by atoms with E-state index in [9.17, 15) is 0 Å². The quantitative estimate of drug-likeness (QED) is 0.721. The molecule has 0 unspecified atom stereocenters. The molecule has 3 heteroatoms. The summed E-state index contributed by atoms with van der Waals surface area (Å²) >= 11 is 1.34. The lowest BCUT2D eigenvalue weighted by atomic mass is 10.2. The summed E-state index contributed by atoms with van der Waals surface area (Å²) < 4.78 is 1.97. The lowest BCUT2D eigenvalue weighted by molar-refractivity contribution is -0.683. The van der Waals surface area contributed by atoms with Crippen molar-refractivity contribution >= 4 is 11.3 Å². The Bertz CT molecular complexity index is 383. The summed E-state index contributed by atoms with van der Waals surface area (Å²) in [5.41, 5.74) is 3.15. The van der Waals surface area contributed by atoms with E-state index in [0.717, 1.165) is 6.54 Å². The number of nitrogens with zero attached hydrogens (tertiary/aromatic N) is 1. The first kappa shape index (κ1) is 8.26. The van der Waals surface area contributed by atoms with Gasteiger partial charge in [-0.25, -0.2) is 0 Å². The van der Waals surface area contributed by atoms with Crippen LogP contribution in [0.2, 0.25) is 0 Å². The van der Waals surface area contributed by atoms with Gasteiger partial charge >= 0.3 is 0 Å². The summed E-state index contributed by atoms with van der Waals surface area (Å²) in [5.74, 6) is 0. The molecule has 2 aromatic rings. The highest BCUT2D eigenvalue weighted by Crippen LogP contribution is 2.11. The van der Waals surface area contributed by atoms with Crippen LogP contribution in [0.4, 0.5) is 0 Å². The van der Waals surface area contributed by atoms with Crippen molar-refractivity contribution in [2.24, 2.45) is 0 Å². The molecule has 13 heavy (non-hydrogen) atoms. The van der Waals surface area contributed by atoms with Gasteiger partial charge in [0.25, 0.3) is 0 Å². The third kappa shape index (κ3) is 2.06. The predicted molar refractivity (Wildman–Crippen MR) is 51.7 cm³/mol. The van der Waals surface area contributed by atoms with E-state index in [1.54, 1.807) is 6.20 Å². The standard InChI is InChI=1S/C10H9NOS/c12-10-7-11(8-13-10)6-9-4-2-1-3-5-9/h1-5,7-8H,6H2/p+1. The first-order valence-electron chi connectivity index (χ1n) is 4.05. The highest BCUT2D eigenvalue weighted by Gasteiger charge is 2.05. The SMILES string of the molecule is Oc1c[n+](Cc2ccccc2)cs1. The van der Waals surface area contributed by atoms with Crippen LogP contribution in [0, 0.1) is 0 Å². The van der Waals surface area contributed by atoms with Gasteiger partial charge in [0.1, 0.15) is 0 Å². The van der Waals surface area contributed by atoms with Crippen molar-refractivity contribution in [2.75, 3.05) is 0 Å². The van der Waals surface area contributed by atoms with Gasteiger partial charge in [-0.1, -0.05) is 30.3 Å². The lowest BCUT2D eigenvalue weighted by Crippen LogP contribution is -2.30. The number of benzene rings is 1. The summed E-state index contributed by atoms with van der Waals surface area (Å²) in [6.07, 6.45) is 1.73. The van der Waals surface area contributed by atoms with Crippen LogP contribution in [0.15, 0.2) is 42.0 Å². The fourth-order valence-corrected chi connectivity index (χ4v) is 1.78. The average molecular weight is 192 g/mol. The summed E-state index contributed by atoms with van der Waals surface area (Å²) in [7, 11) is 0. The van der Waals surface area contributed by atoms with Gasteiger partial charge in [0, 0.05) is 5.56 Å². The third-order valence-electron chi connectivity index (χ3n) is 1.79. The van der Waals surface area contributed by atoms with Gasteiger partial charge in [-0.15, -0.1) is 0 Å².